The summed E-state index contributed by atoms with van der Waals surface area (Å²) in [6, 6.07) is 4.86. The lowest BCUT2D eigenvalue weighted by molar-refractivity contribution is -0.0180. The van der Waals surface area contributed by atoms with Crippen molar-refractivity contribution in [2.24, 2.45) is 4.99 Å². The van der Waals surface area contributed by atoms with Crippen LogP contribution in [-0.4, -0.2) is 73.5 Å². The maximum Gasteiger partial charge on any atom is 0.191 e. The van der Waals surface area contributed by atoms with Gasteiger partial charge in [-0.1, -0.05) is 17.7 Å². The van der Waals surface area contributed by atoms with Crippen molar-refractivity contribution in [2.45, 2.75) is 37.8 Å². The molecule has 3 N–H and O–H groups in total. The van der Waals surface area contributed by atoms with Crippen molar-refractivity contribution in [1.29, 1.82) is 0 Å². The standard InChI is InChI=1S/C20H30ClFN4O2/c1-3-23-19(24-12-20(2,27)13-26-7-9-28-10-8-26)25-17-11-14(17)18-15(21)5-4-6-16(18)22/h4-6,14,17,27H,3,7-13H2,1-2H3,(H2,23,24,25). The second kappa shape index (κ2) is 9.39. The molecule has 2 fully saturated rings. The second-order valence-corrected chi connectivity index (χ2v) is 8.22. The molecular formula is C20H30ClFN4O2. The fourth-order valence-electron chi connectivity index (χ4n) is 3.57. The number of morpholine rings is 1. The summed E-state index contributed by atoms with van der Waals surface area (Å²) in [6.45, 7) is 8.37. The van der Waals surface area contributed by atoms with Crippen LogP contribution in [-0.2, 0) is 4.74 Å². The Morgan fingerprint density at radius 2 is 2.18 bits per heavy atom. The highest BCUT2D eigenvalue weighted by molar-refractivity contribution is 6.31. The molecule has 156 valence electrons. The molecule has 3 atom stereocenters. The molecule has 1 aromatic rings. The Morgan fingerprint density at radius 1 is 1.43 bits per heavy atom. The third-order valence-corrected chi connectivity index (χ3v) is 5.40. The summed E-state index contributed by atoms with van der Waals surface area (Å²) < 4.78 is 19.5. The number of β-amino-alcohol motifs (C(OH)–C–C–N with tert-alkyl or cyclic N) is 1. The summed E-state index contributed by atoms with van der Waals surface area (Å²) in [4.78, 5) is 6.75. The van der Waals surface area contributed by atoms with Gasteiger partial charge in [0.05, 0.1) is 25.4 Å². The molecule has 1 aliphatic carbocycles. The minimum atomic E-state index is -0.933. The minimum Gasteiger partial charge on any atom is -0.387 e. The summed E-state index contributed by atoms with van der Waals surface area (Å²) in [6.07, 6.45) is 0.801. The average molecular weight is 413 g/mol. The third-order valence-electron chi connectivity index (χ3n) is 5.07. The zero-order valence-electron chi connectivity index (χ0n) is 16.5. The zero-order chi connectivity index (χ0) is 20.1. The van der Waals surface area contributed by atoms with Crippen LogP contribution in [0.3, 0.4) is 0 Å². The van der Waals surface area contributed by atoms with Crippen molar-refractivity contribution in [3.05, 3.63) is 34.6 Å². The molecule has 0 spiro atoms. The molecule has 3 rings (SSSR count). The van der Waals surface area contributed by atoms with Crippen LogP contribution >= 0.6 is 11.6 Å². The van der Waals surface area contributed by atoms with Gasteiger partial charge in [-0.3, -0.25) is 9.89 Å². The van der Waals surface area contributed by atoms with Crippen molar-refractivity contribution in [3.63, 3.8) is 0 Å². The van der Waals surface area contributed by atoms with E-state index in [1.807, 2.05) is 6.92 Å². The molecule has 1 aliphatic heterocycles. The first-order valence-corrected chi connectivity index (χ1v) is 10.3. The van der Waals surface area contributed by atoms with Gasteiger partial charge in [0.1, 0.15) is 5.82 Å². The number of hydrogen-bond acceptors (Lipinski definition) is 4. The van der Waals surface area contributed by atoms with E-state index in [1.54, 1.807) is 19.1 Å². The highest BCUT2D eigenvalue weighted by Gasteiger charge is 2.42. The molecule has 0 bridgehead atoms. The van der Waals surface area contributed by atoms with E-state index in [2.05, 4.69) is 20.5 Å². The quantitative estimate of drug-likeness (QED) is 0.472. The maximum atomic E-state index is 14.1. The minimum absolute atomic E-state index is 0.0337. The summed E-state index contributed by atoms with van der Waals surface area (Å²) in [7, 11) is 0. The normalized spacial score (nSPS) is 25.2. The molecule has 1 heterocycles. The lowest BCUT2D eigenvalue weighted by atomic mass is 10.1. The van der Waals surface area contributed by atoms with E-state index in [0.717, 1.165) is 19.5 Å². The number of guanidine groups is 1. The van der Waals surface area contributed by atoms with Crippen LogP contribution in [0.25, 0.3) is 0 Å². The first-order valence-electron chi connectivity index (χ1n) is 9.91. The van der Waals surface area contributed by atoms with Gasteiger partial charge >= 0.3 is 0 Å². The number of halogens is 2. The van der Waals surface area contributed by atoms with Gasteiger partial charge in [-0.15, -0.1) is 0 Å². The van der Waals surface area contributed by atoms with Crippen molar-refractivity contribution >= 4 is 17.6 Å². The van der Waals surface area contributed by atoms with Crippen molar-refractivity contribution in [2.75, 3.05) is 45.9 Å². The van der Waals surface area contributed by atoms with Gasteiger partial charge in [0, 0.05) is 48.7 Å². The molecule has 2 aliphatic rings. The summed E-state index contributed by atoms with van der Waals surface area (Å²) >= 11 is 6.18. The Kier molecular flexibility index (Phi) is 7.15. The fourth-order valence-corrected chi connectivity index (χ4v) is 3.88. The van der Waals surface area contributed by atoms with Crippen LogP contribution in [0.5, 0.6) is 0 Å². The summed E-state index contributed by atoms with van der Waals surface area (Å²) in [5.41, 5.74) is -0.367. The number of ether oxygens (including phenoxy) is 1. The highest BCUT2D eigenvalue weighted by Crippen LogP contribution is 2.44. The van der Waals surface area contributed by atoms with E-state index in [9.17, 15) is 9.50 Å². The Bertz CT molecular complexity index is 675. The number of hydrogen-bond donors (Lipinski definition) is 3. The van der Waals surface area contributed by atoms with Gasteiger partial charge in [-0.05, 0) is 32.4 Å². The predicted octanol–water partition coefficient (Wildman–Crippen LogP) is 1.97. The van der Waals surface area contributed by atoms with Gasteiger partial charge in [0.2, 0.25) is 0 Å². The highest BCUT2D eigenvalue weighted by atomic mass is 35.5. The van der Waals surface area contributed by atoms with Crippen molar-refractivity contribution in [1.82, 2.24) is 15.5 Å². The van der Waals surface area contributed by atoms with Crippen LogP contribution in [0, 0.1) is 5.82 Å². The van der Waals surface area contributed by atoms with Crippen LogP contribution in [0.2, 0.25) is 5.02 Å². The number of aliphatic hydroxyl groups is 1. The maximum absolute atomic E-state index is 14.1. The Morgan fingerprint density at radius 3 is 2.86 bits per heavy atom. The predicted molar refractivity (Wildman–Crippen MR) is 110 cm³/mol. The summed E-state index contributed by atoms with van der Waals surface area (Å²) in [5.74, 6) is 0.397. The SMILES string of the molecule is CCNC(=NCC(C)(O)CN1CCOCC1)NC1CC1c1c(F)cccc1Cl. The smallest absolute Gasteiger partial charge is 0.191 e. The molecule has 6 nitrogen and oxygen atoms in total. The molecule has 3 unspecified atom stereocenters. The molecule has 1 saturated carbocycles. The lowest BCUT2D eigenvalue weighted by Gasteiger charge is -2.33. The van der Waals surface area contributed by atoms with Gasteiger partial charge in [-0.2, -0.15) is 0 Å². The van der Waals surface area contributed by atoms with Crippen molar-refractivity contribution < 1.29 is 14.2 Å². The van der Waals surface area contributed by atoms with E-state index in [-0.39, 0.29) is 24.3 Å². The Hall–Kier alpha value is -1.41. The molecule has 0 radical (unpaired) electrons. The van der Waals surface area contributed by atoms with E-state index < -0.39 is 5.60 Å². The number of rotatable bonds is 7. The van der Waals surface area contributed by atoms with Gasteiger partial charge < -0.3 is 20.5 Å². The molecule has 1 aromatic carbocycles. The molecule has 8 heteroatoms. The van der Waals surface area contributed by atoms with Gasteiger partial charge in [-0.25, -0.2) is 4.39 Å². The van der Waals surface area contributed by atoms with Gasteiger partial charge in [0.25, 0.3) is 0 Å². The Balaban J connectivity index is 1.57. The number of benzene rings is 1. The summed E-state index contributed by atoms with van der Waals surface area (Å²) in [5, 5.41) is 17.7. The molecule has 1 saturated heterocycles. The van der Waals surface area contributed by atoms with Crippen LogP contribution in [0.1, 0.15) is 31.7 Å². The first-order chi connectivity index (χ1) is 13.4. The molecule has 0 amide bonds. The van der Waals surface area contributed by atoms with E-state index >= 15 is 0 Å². The molecular weight excluding hydrogens is 383 g/mol. The fraction of sp³-hybridized carbons (Fsp3) is 0.650. The lowest BCUT2D eigenvalue weighted by Crippen LogP contribution is -2.48. The van der Waals surface area contributed by atoms with Crippen molar-refractivity contribution in [3.8, 4) is 0 Å². The number of nitrogens with zero attached hydrogens (tertiary/aromatic N) is 2. The van der Waals surface area contributed by atoms with E-state index in [0.29, 0.717) is 42.8 Å². The average Bonchev–Trinajstić information content (AvgIpc) is 3.39. The first kappa shape index (κ1) is 21.3. The van der Waals surface area contributed by atoms with Crippen LogP contribution in [0.4, 0.5) is 4.39 Å². The monoisotopic (exact) mass is 412 g/mol. The number of nitrogens with one attached hydrogen (secondary N) is 2. The van der Waals surface area contributed by atoms with Crippen LogP contribution < -0.4 is 10.6 Å². The number of aliphatic imine (C=N–C) groups is 1. The molecule has 0 aromatic heterocycles. The second-order valence-electron chi connectivity index (χ2n) is 7.81. The topological polar surface area (TPSA) is 69.1 Å². The van der Waals surface area contributed by atoms with Crippen LogP contribution in [0.15, 0.2) is 23.2 Å². The van der Waals surface area contributed by atoms with E-state index in [1.165, 1.54) is 6.07 Å². The van der Waals surface area contributed by atoms with Gasteiger partial charge in [0.15, 0.2) is 5.96 Å². The largest absolute Gasteiger partial charge is 0.387 e. The third kappa shape index (κ3) is 5.80. The van der Waals surface area contributed by atoms with E-state index in [4.69, 9.17) is 16.3 Å². The molecule has 28 heavy (non-hydrogen) atoms. The zero-order valence-corrected chi connectivity index (χ0v) is 17.3. The Labute approximate surface area is 171 Å².